The van der Waals surface area contributed by atoms with Crippen molar-refractivity contribution in [3.63, 3.8) is 0 Å². The molecule has 2 aromatic rings. The summed E-state index contributed by atoms with van der Waals surface area (Å²) in [6.07, 6.45) is 4.79. The fraction of sp³-hybridized carbons (Fsp3) is 0.520. The maximum absolute atomic E-state index is 13.1. The molecule has 1 saturated carbocycles. The van der Waals surface area contributed by atoms with Crippen LogP contribution < -0.4 is 15.4 Å². The number of urea groups is 1. The fourth-order valence-electron chi connectivity index (χ4n) is 4.86. The van der Waals surface area contributed by atoms with Gasteiger partial charge in [0.05, 0.1) is 25.0 Å². The van der Waals surface area contributed by atoms with Gasteiger partial charge in [0.25, 0.3) is 5.91 Å². The fourth-order valence-corrected chi connectivity index (χ4v) is 4.86. The Morgan fingerprint density at radius 1 is 1.18 bits per heavy atom. The van der Waals surface area contributed by atoms with Gasteiger partial charge in [0.2, 0.25) is 5.91 Å². The van der Waals surface area contributed by atoms with Gasteiger partial charge < -0.3 is 15.4 Å². The van der Waals surface area contributed by atoms with E-state index in [0.29, 0.717) is 24.5 Å². The second-order valence-electron chi connectivity index (χ2n) is 10.3. The number of nitrogens with one attached hydrogen (secondary N) is 2. The standard InChI is InChI=1S/C25H33N5O4/c1-24(2,3)17-9-12-25(13-10-17)22(32)29(23(33)27-25)16-21(31)26-15-18-11-14-30(28-18)19-5-7-20(34-4)8-6-19/h5-8,11,14,17H,9-10,12-13,15-16H2,1-4H3,(H,26,31)(H,27,33). The summed E-state index contributed by atoms with van der Waals surface area (Å²) in [5, 5.41) is 10.1. The molecule has 34 heavy (non-hydrogen) atoms. The molecule has 4 amide bonds. The minimum Gasteiger partial charge on any atom is -0.497 e. The number of hydrogen-bond acceptors (Lipinski definition) is 5. The zero-order valence-electron chi connectivity index (χ0n) is 20.3. The maximum atomic E-state index is 13.1. The average molecular weight is 468 g/mol. The van der Waals surface area contributed by atoms with Gasteiger partial charge in [0, 0.05) is 6.20 Å². The molecular weight excluding hydrogens is 434 g/mol. The lowest BCUT2D eigenvalue weighted by Gasteiger charge is -2.40. The van der Waals surface area contributed by atoms with E-state index in [4.69, 9.17) is 4.74 Å². The van der Waals surface area contributed by atoms with Crippen molar-refractivity contribution >= 4 is 17.8 Å². The highest BCUT2D eigenvalue weighted by molar-refractivity contribution is 6.09. The lowest BCUT2D eigenvalue weighted by Crippen LogP contribution is -2.51. The molecule has 9 nitrogen and oxygen atoms in total. The van der Waals surface area contributed by atoms with Gasteiger partial charge in [0.1, 0.15) is 17.8 Å². The SMILES string of the molecule is COc1ccc(-n2ccc(CNC(=O)CN3C(=O)NC4(CCC(C(C)(C)C)CC4)C3=O)n2)cc1. The molecule has 2 aliphatic rings. The van der Waals surface area contributed by atoms with Crippen LogP contribution in [0.15, 0.2) is 36.5 Å². The topological polar surface area (TPSA) is 106 Å². The van der Waals surface area contributed by atoms with Crippen LogP contribution in [0, 0.1) is 11.3 Å². The summed E-state index contributed by atoms with van der Waals surface area (Å²) in [5.41, 5.74) is 0.839. The first-order valence-electron chi connectivity index (χ1n) is 11.7. The maximum Gasteiger partial charge on any atom is 0.325 e. The molecule has 1 spiro atoms. The van der Waals surface area contributed by atoms with Crippen LogP contribution >= 0.6 is 0 Å². The van der Waals surface area contributed by atoms with Gasteiger partial charge >= 0.3 is 6.03 Å². The van der Waals surface area contributed by atoms with Crippen LogP contribution in [0.25, 0.3) is 5.69 Å². The molecule has 1 aliphatic heterocycles. The number of benzene rings is 1. The number of hydrogen-bond donors (Lipinski definition) is 2. The quantitative estimate of drug-likeness (QED) is 0.636. The Hall–Kier alpha value is -3.36. The van der Waals surface area contributed by atoms with E-state index in [1.54, 1.807) is 24.1 Å². The van der Waals surface area contributed by atoms with Crippen LogP contribution in [0.3, 0.4) is 0 Å². The predicted octanol–water partition coefficient (Wildman–Crippen LogP) is 3.02. The Balaban J connectivity index is 1.31. The van der Waals surface area contributed by atoms with E-state index in [0.717, 1.165) is 29.2 Å². The summed E-state index contributed by atoms with van der Waals surface area (Å²) < 4.78 is 6.87. The van der Waals surface area contributed by atoms with Crippen LogP contribution in [0.4, 0.5) is 4.79 Å². The van der Waals surface area contributed by atoms with Gasteiger partial charge in [-0.25, -0.2) is 9.48 Å². The zero-order chi connectivity index (χ0) is 24.5. The molecule has 2 N–H and O–H groups in total. The molecule has 182 valence electrons. The van der Waals surface area contributed by atoms with Crippen molar-refractivity contribution in [1.29, 1.82) is 0 Å². The number of aromatic nitrogens is 2. The number of ether oxygens (including phenoxy) is 1. The number of rotatable bonds is 6. The predicted molar refractivity (Wildman–Crippen MR) is 126 cm³/mol. The average Bonchev–Trinajstić information content (AvgIpc) is 3.37. The second kappa shape index (κ2) is 9.12. The molecule has 1 aromatic carbocycles. The largest absolute Gasteiger partial charge is 0.497 e. The second-order valence-corrected chi connectivity index (χ2v) is 10.3. The van der Waals surface area contributed by atoms with Gasteiger partial charge in [0.15, 0.2) is 0 Å². The first-order chi connectivity index (χ1) is 16.1. The molecule has 0 unspecified atom stereocenters. The lowest BCUT2D eigenvalue weighted by molar-refractivity contribution is -0.136. The van der Waals surface area contributed by atoms with Crippen molar-refractivity contribution in [2.45, 2.75) is 58.5 Å². The molecule has 0 atom stereocenters. The first-order valence-corrected chi connectivity index (χ1v) is 11.7. The third kappa shape index (κ3) is 4.78. The molecule has 1 saturated heterocycles. The van der Waals surface area contributed by atoms with Crippen molar-refractivity contribution < 1.29 is 19.1 Å². The smallest absolute Gasteiger partial charge is 0.325 e. The third-order valence-corrected chi connectivity index (χ3v) is 7.06. The van der Waals surface area contributed by atoms with Crippen molar-refractivity contribution in [2.24, 2.45) is 11.3 Å². The van der Waals surface area contributed by atoms with E-state index in [1.807, 2.05) is 24.3 Å². The zero-order valence-corrected chi connectivity index (χ0v) is 20.3. The van der Waals surface area contributed by atoms with Crippen molar-refractivity contribution in [2.75, 3.05) is 13.7 Å². The van der Waals surface area contributed by atoms with E-state index in [2.05, 4.69) is 36.5 Å². The third-order valence-electron chi connectivity index (χ3n) is 7.06. The first kappa shape index (κ1) is 23.8. The number of nitrogens with zero attached hydrogens (tertiary/aromatic N) is 3. The number of methoxy groups -OCH3 is 1. The van der Waals surface area contributed by atoms with Gasteiger partial charge in [-0.05, 0) is 67.3 Å². The van der Waals surface area contributed by atoms with E-state index < -0.39 is 17.5 Å². The molecule has 0 radical (unpaired) electrons. The lowest BCUT2D eigenvalue weighted by atomic mass is 9.67. The minimum absolute atomic E-state index is 0.174. The highest BCUT2D eigenvalue weighted by Gasteiger charge is 2.53. The van der Waals surface area contributed by atoms with Gasteiger partial charge in [-0.15, -0.1) is 0 Å². The van der Waals surface area contributed by atoms with Crippen LogP contribution in [-0.4, -0.2) is 51.7 Å². The monoisotopic (exact) mass is 467 g/mol. The van der Waals surface area contributed by atoms with Crippen molar-refractivity contribution in [1.82, 2.24) is 25.3 Å². The minimum atomic E-state index is -0.865. The number of imide groups is 1. The van der Waals surface area contributed by atoms with Crippen LogP contribution in [-0.2, 0) is 16.1 Å². The highest BCUT2D eigenvalue weighted by atomic mass is 16.5. The Bertz CT molecular complexity index is 1060. The van der Waals surface area contributed by atoms with Crippen molar-refractivity contribution in [3.8, 4) is 11.4 Å². The Morgan fingerprint density at radius 2 is 1.85 bits per heavy atom. The summed E-state index contributed by atoms with van der Waals surface area (Å²) in [5.74, 6) is 0.581. The van der Waals surface area contributed by atoms with E-state index in [1.165, 1.54) is 0 Å². The molecule has 0 bridgehead atoms. The van der Waals surface area contributed by atoms with Crippen molar-refractivity contribution in [3.05, 3.63) is 42.2 Å². The molecule has 1 aromatic heterocycles. The summed E-state index contributed by atoms with van der Waals surface area (Å²) in [6.45, 7) is 6.53. The summed E-state index contributed by atoms with van der Waals surface area (Å²) in [7, 11) is 1.61. The van der Waals surface area contributed by atoms with E-state index >= 15 is 0 Å². The molecule has 1 aliphatic carbocycles. The summed E-state index contributed by atoms with van der Waals surface area (Å²) in [4.78, 5) is 39.2. The molecular formula is C25H33N5O4. The summed E-state index contributed by atoms with van der Waals surface area (Å²) >= 11 is 0. The van der Waals surface area contributed by atoms with Gasteiger partial charge in [-0.1, -0.05) is 20.8 Å². The number of carbonyl (C=O) groups is 3. The van der Waals surface area contributed by atoms with Crippen LogP contribution in [0.5, 0.6) is 5.75 Å². The van der Waals surface area contributed by atoms with Gasteiger partial charge in [-0.2, -0.15) is 5.10 Å². The highest BCUT2D eigenvalue weighted by Crippen LogP contribution is 2.43. The van der Waals surface area contributed by atoms with Crippen LogP contribution in [0.2, 0.25) is 0 Å². The Labute approximate surface area is 199 Å². The van der Waals surface area contributed by atoms with E-state index in [9.17, 15) is 14.4 Å². The molecule has 4 rings (SSSR count). The van der Waals surface area contributed by atoms with Crippen LogP contribution in [0.1, 0.15) is 52.1 Å². The Morgan fingerprint density at radius 3 is 2.47 bits per heavy atom. The molecule has 9 heteroatoms. The van der Waals surface area contributed by atoms with Gasteiger partial charge in [-0.3, -0.25) is 14.5 Å². The number of carbonyl (C=O) groups excluding carboxylic acids is 3. The Kier molecular flexibility index (Phi) is 6.38. The number of amides is 4. The molecule has 2 heterocycles. The normalized spacial score (nSPS) is 22.7. The summed E-state index contributed by atoms with van der Waals surface area (Å²) in [6, 6.07) is 8.78. The molecule has 2 fully saturated rings. The van der Waals surface area contributed by atoms with E-state index in [-0.39, 0.29) is 24.4 Å².